The van der Waals surface area contributed by atoms with Gasteiger partial charge in [0.25, 0.3) is 0 Å². The van der Waals surface area contributed by atoms with Crippen molar-refractivity contribution in [3.05, 3.63) is 89.5 Å². The van der Waals surface area contributed by atoms with Crippen molar-refractivity contribution in [3.8, 4) is 34.4 Å². The number of para-hydroxylation sites is 1. The normalized spacial score (nSPS) is 14.7. The first kappa shape index (κ1) is 28.8. The molecule has 9 nitrogen and oxygen atoms in total. The number of pyridine rings is 1. The highest BCUT2D eigenvalue weighted by Crippen LogP contribution is 2.44. The standard InChI is InChI=1S/C34H37N3O6/c1-39-22-27(20-38)35-26-8-11-32-25(17-26)16-24-4-3-5-30(34(24)43-32)31-18-28(37-12-14-41-15-13-37)19-33(36-31)42-21-23-6-9-29(40-2)10-7-23/h3-11,17-19,27,35,38H,12-16,20-22H2,1-2H3. The van der Waals surface area contributed by atoms with E-state index in [1.807, 2.05) is 48.5 Å². The van der Waals surface area contributed by atoms with Gasteiger partial charge in [0.1, 0.15) is 23.9 Å². The van der Waals surface area contributed by atoms with E-state index in [1.54, 1.807) is 14.2 Å². The number of methoxy groups -OCH3 is 2. The fourth-order valence-electron chi connectivity index (χ4n) is 5.43. The summed E-state index contributed by atoms with van der Waals surface area (Å²) in [5.74, 6) is 2.96. The van der Waals surface area contributed by atoms with Crippen molar-refractivity contribution in [3.63, 3.8) is 0 Å². The Morgan fingerprint density at radius 2 is 1.81 bits per heavy atom. The van der Waals surface area contributed by atoms with Crippen LogP contribution < -0.4 is 24.4 Å². The number of benzene rings is 3. The van der Waals surface area contributed by atoms with Gasteiger partial charge in [-0.1, -0.05) is 24.3 Å². The van der Waals surface area contributed by atoms with E-state index in [2.05, 4.69) is 34.5 Å². The average molecular weight is 584 g/mol. The Bertz CT molecular complexity index is 1540. The van der Waals surface area contributed by atoms with Crippen LogP contribution in [0.5, 0.6) is 23.1 Å². The van der Waals surface area contributed by atoms with Gasteiger partial charge in [0, 0.05) is 60.8 Å². The van der Waals surface area contributed by atoms with Crippen LogP contribution >= 0.6 is 0 Å². The summed E-state index contributed by atoms with van der Waals surface area (Å²) in [5, 5.41) is 13.0. The molecule has 6 rings (SSSR count). The number of hydrogen-bond donors (Lipinski definition) is 2. The third kappa shape index (κ3) is 6.69. The molecule has 3 aromatic carbocycles. The summed E-state index contributed by atoms with van der Waals surface area (Å²) >= 11 is 0. The molecule has 2 aliphatic heterocycles. The number of fused-ring (bicyclic) bond motifs is 2. The van der Waals surface area contributed by atoms with Gasteiger partial charge in [-0.3, -0.25) is 0 Å². The molecule has 3 heterocycles. The summed E-state index contributed by atoms with van der Waals surface area (Å²) in [6.07, 6.45) is 0.714. The van der Waals surface area contributed by atoms with E-state index >= 15 is 0 Å². The Hall–Kier alpha value is -4.31. The SMILES string of the molecule is COCC(CO)Nc1ccc2c(c1)Cc1cccc(-c3cc(N4CCOCC4)cc(OCc4ccc(OC)cc4)n3)c1O2. The maximum absolute atomic E-state index is 9.66. The molecule has 2 N–H and O–H groups in total. The van der Waals surface area contributed by atoms with E-state index in [9.17, 15) is 5.11 Å². The Labute approximate surface area is 251 Å². The van der Waals surface area contributed by atoms with E-state index in [4.69, 9.17) is 28.7 Å². The molecule has 1 aromatic heterocycles. The Morgan fingerprint density at radius 1 is 0.977 bits per heavy atom. The summed E-state index contributed by atoms with van der Waals surface area (Å²) < 4.78 is 28.9. The second-order valence-electron chi connectivity index (χ2n) is 10.7. The first-order valence-electron chi connectivity index (χ1n) is 14.5. The molecular formula is C34H37N3O6. The highest BCUT2D eigenvalue weighted by Gasteiger charge is 2.23. The van der Waals surface area contributed by atoms with Gasteiger partial charge in [-0.25, -0.2) is 4.98 Å². The summed E-state index contributed by atoms with van der Waals surface area (Å²) in [5.41, 5.74) is 6.83. The molecule has 224 valence electrons. The molecule has 0 bridgehead atoms. The topological polar surface area (TPSA) is 94.5 Å². The largest absolute Gasteiger partial charge is 0.497 e. The molecule has 0 aliphatic carbocycles. The van der Waals surface area contributed by atoms with Crippen LogP contribution in [0, 0.1) is 0 Å². The van der Waals surface area contributed by atoms with Gasteiger partial charge in [0.2, 0.25) is 5.88 Å². The minimum absolute atomic E-state index is 0.0179. The van der Waals surface area contributed by atoms with Crippen molar-refractivity contribution in [2.45, 2.75) is 19.1 Å². The maximum Gasteiger partial charge on any atom is 0.216 e. The van der Waals surface area contributed by atoms with Crippen LogP contribution in [-0.4, -0.2) is 69.9 Å². The van der Waals surface area contributed by atoms with Gasteiger partial charge in [-0.15, -0.1) is 0 Å². The highest BCUT2D eigenvalue weighted by atomic mass is 16.5. The number of aliphatic hydroxyl groups is 1. The van der Waals surface area contributed by atoms with E-state index < -0.39 is 0 Å². The molecule has 1 fully saturated rings. The van der Waals surface area contributed by atoms with Gasteiger partial charge < -0.3 is 39.0 Å². The van der Waals surface area contributed by atoms with Crippen molar-refractivity contribution in [1.29, 1.82) is 0 Å². The van der Waals surface area contributed by atoms with Crippen molar-refractivity contribution in [1.82, 2.24) is 4.98 Å². The quantitative estimate of drug-likeness (QED) is 0.215. The molecule has 43 heavy (non-hydrogen) atoms. The molecule has 0 radical (unpaired) electrons. The smallest absolute Gasteiger partial charge is 0.216 e. The molecule has 2 aliphatic rings. The molecule has 1 atom stereocenters. The number of morpholine rings is 1. The number of anilines is 2. The lowest BCUT2D eigenvalue weighted by atomic mass is 9.96. The first-order valence-corrected chi connectivity index (χ1v) is 14.5. The molecule has 0 spiro atoms. The summed E-state index contributed by atoms with van der Waals surface area (Å²) in [6, 6.07) is 24.0. The number of rotatable bonds is 11. The maximum atomic E-state index is 9.66. The van der Waals surface area contributed by atoms with Crippen molar-refractivity contribution in [2.75, 3.05) is 64.0 Å². The van der Waals surface area contributed by atoms with Gasteiger partial charge in [0.15, 0.2) is 0 Å². The summed E-state index contributed by atoms with van der Waals surface area (Å²) in [4.78, 5) is 7.26. The van der Waals surface area contributed by atoms with Crippen molar-refractivity contribution in [2.24, 2.45) is 0 Å². The van der Waals surface area contributed by atoms with Crippen LogP contribution in [0.1, 0.15) is 16.7 Å². The molecule has 0 saturated carbocycles. The van der Waals surface area contributed by atoms with Crippen LogP contribution in [0.2, 0.25) is 0 Å². The van der Waals surface area contributed by atoms with Crippen LogP contribution in [0.15, 0.2) is 72.8 Å². The highest BCUT2D eigenvalue weighted by molar-refractivity contribution is 5.75. The molecule has 4 aromatic rings. The monoisotopic (exact) mass is 583 g/mol. The van der Waals surface area contributed by atoms with E-state index in [0.29, 0.717) is 38.7 Å². The minimum atomic E-state index is -0.183. The van der Waals surface area contributed by atoms with Gasteiger partial charge in [-0.05, 0) is 48.0 Å². The van der Waals surface area contributed by atoms with E-state index in [0.717, 1.165) is 69.7 Å². The first-order chi connectivity index (χ1) is 21.1. The van der Waals surface area contributed by atoms with Gasteiger partial charge >= 0.3 is 0 Å². The number of hydrogen-bond acceptors (Lipinski definition) is 9. The van der Waals surface area contributed by atoms with Crippen LogP contribution in [0.4, 0.5) is 11.4 Å². The van der Waals surface area contributed by atoms with Crippen molar-refractivity contribution < 1.29 is 28.8 Å². The number of nitrogens with zero attached hydrogens (tertiary/aromatic N) is 2. The Balaban J connectivity index is 1.29. The molecular weight excluding hydrogens is 546 g/mol. The van der Waals surface area contributed by atoms with Crippen LogP contribution in [-0.2, 0) is 22.5 Å². The zero-order valence-electron chi connectivity index (χ0n) is 24.5. The summed E-state index contributed by atoms with van der Waals surface area (Å²) in [6.45, 7) is 3.75. The summed E-state index contributed by atoms with van der Waals surface area (Å²) in [7, 11) is 3.28. The van der Waals surface area contributed by atoms with Crippen LogP contribution in [0.3, 0.4) is 0 Å². The second-order valence-corrected chi connectivity index (χ2v) is 10.7. The Kier molecular flexibility index (Phi) is 8.93. The fourth-order valence-corrected chi connectivity index (χ4v) is 5.43. The van der Waals surface area contributed by atoms with Gasteiger partial charge in [-0.2, -0.15) is 0 Å². The van der Waals surface area contributed by atoms with E-state index in [1.165, 1.54) is 0 Å². The Morgan fingerprint density at radius 3 is 2.58 bits per heavy atom. The molecule has 9 heteroatoms. The zero-order chi connectivity index (χ0) is 29.6. The lowest BCUT2D eigenvalue weighted by Gasteiger charge is -2.29. The third-order valence-electron chi connectivity index (χ3n) is 7.69. The number of ether oxygens (including phenoxy) is 5. The molecule has 1 unspecified atom stereocenters. The molecule has 0 amide bonds. The predicted octanol–water partition coefficient (Wildman–Crippen LogP) is 5.29. The van der Waals surface area contributed by atoms with Crippen molar-refractivity contribution >= 4 is 11.4 Å². The van der Waals surface area contributed by atoms with Crippen LogP contribution in [0.25, 0.3) is 11.3 Å². The molecule has 1 saturated heterocycles. The lowest BCUT2D eigenvalue weighted by molar-refractivity contribution is 0.122. The third-order valence-corrected chi connectivity index (χ3v) is 7.69. The number of aliphatic hydroxyl groups excluding tert-OH is 1. The predicted molar refractivity (Wildman–Crippen MR) is 166 cm³/mol. The average Bonchev–Trinajstić information content (AvgIpc) is 3.06. The lowest BCUT2D eigenvalue weighted by Crippen LogP contribution is -2.36. The van der Waals surface area contributed by atoms with E-state index in [-0.39, 0.29) is 12.6 Å². The fraction of sp³-hybridized carbons (Fsp3) is 0.324. The minimum Gasteiger partial charge on any atom is -0.497 e. The number of aromatic nitrogens is 1. The zero-order valence-corrected chi connectivity index (χ0v) is 24.5. The number of nitrogens with one attached hydrogen (secondary N) is 1. The van der Waals surface area contributed by atoms with Gasteiger partial charge in [0.05, 0.1) is 45.3 Å². The second kappa shape index (κ2) is 13.3.